The number of fused-ring (bicyclic) bond motifs is 8. The summed E-state index contributed by atoms with van der Waals surface area (Å²) in [5.74, 6) is 2.81. The molecule has 4 aromatic carbocycles. The summed E-state index contributed by atoms with van der Waals surface area (Å²) in [7, 11) is 0. The van der Waals surface area contributed by atoms with E-state index in [0.717, 1.165) is 91.7 Å². The molecule has 41 heavy (non-hydrogen) atoms. The first kappa shape index (κ1) is 22.6. The van der Waals surface area contributed by atoms with E-state index in [1.54, 1.807) is 0 Å². The summed E-state index contributed by atoms with van der Waals surface area (Å²) >= 11 is 0. The molecule has 1 unspecified atom stereocenters. The van der Waals surface area contributed by atoms with Crippen molar-refractivity contribution in [2.45, 2.75) is 25.2 Å². The number of allylic oxidation sites excluding steroid dienone is 2. The number of nitrogens with zero attached hydrogens (tertiary/aromatic N) is 3. The first-order valence-electron chi connectivity index (χ1n) is 14.2. The van der Waals surface area contributed by atoms with Gasteiger partial charge in [0.1, 0.15) is 34.2 Å². The van der Waals surface area contributed by atoms with Crippen LogP contribution in [0, 0.1) is 0 Å². The maximum absolute atomic E-state index is 6.57. The molecule has 1 aliphatic carbocycles. The molecule has 0 fully saturated rings. The largest absolute Gasteiger partial charge is 0.456 e. The van der Waals surface area contributed by atoms with Crippen molar-refractivity contribution in [3.63, 3.8) is 0 Å². The van der Waals surface area contributed by atoms with Crippen LogP contribution >= 0.6 is 0 Å². The fourth-order valence-electron chi connectivity index (χ4n) is 6.53. The van der Waals surface area contributed by atoms with Gasteiger partial charge in [-0.05, 0) is 55.7 Å². The molecule has 196 valence electrons. The van der Waals surface area contributed by atoms with Gasteiger partial charge in [0.05, 0.1) is 16.4 Å². The number of hydrogen-bond acceptors (Lipinski definition) is 4. The lowest BCUT2D eigenvalue weighted by Gasteiger charge is -2.18. The third-order valence-corrected chi connectivity index (χ3v) is 8.45. The Kier molecular flexibility index (Phi) is 4.79. The molecule has 1 aliphatic heterocycles. The topological polar surface area (TPSA) is 56.5 Å². The highest BCUT2D eigenvalue weighted by Crippen LogP contribution is 2.44. The molecule has 5 nitrogen and oxygen atoms in total. The molecular weight excluding hydrogens is 506 g/mol. The first-order chi connectivity index (χ1) is 20.3. The lowest BCUT2D eigenvalue weighted by molar-refractivity contribution is 0.589. The van der Waals surface area contributed by atoms with E-state index in [0.29, 0.717) is 0 Å². The standard InChI is InChI=1S/C36H25N3O2/c1-2-10-22(11-3-1)36-38-28-14-6-7-15-29(28)39(36)32-19-18-23(21-37-32)26-20-27-24-12-4-8-16-30(24)40-35(27)33-25-13-5-9-17-31(25)41-34(26)33/h1-4,6-12,14-17,19-21,23H,5,13,18H2. The lowest BCUT2D eigenvalue weighted by atomic mass is 9.90. The Bertz CT molecular complexity index is 2240. The molecule has 7 aromatic rings. The van der Waals surface area contributed by atoms with Crippen molar-refractivity contribution < 1.29 is 8.83 Å². The molecule has 4 heterocycles. The van der Waals surface area contributed by atoms with Gasteiger partial charge >= 0.3 is 0 Å². The van der Waals surface area contributed by atoms with E-state index < -0.39 is 0 Å². The minimum atomic E-state index is 0.0749. The van der Waals surface area contributed by atoms with E-state index in [9.17, 15) is 0 Å². The quantitative estimate of drug-likeness (QED) is 0.228. The average molecular weight is 532 g/mol. The van der Waals surface area contributed by atoms with Crippen molar-refractivity contribution in [3.05, 3.63) is 114 Å². The smallest absolute Gasteiger partial charge is 0.146 e. The Morgan fingerprint density at radius 2 is 1.68 bits per heavy atom. The summed E-state index contributed by atoms with van der Waals surface area (Å²) in [5, 5.41) is 3.38. The van der Waals surface area contributed by atoms with Crippen molar-refractivity contribution in [2.75, 3.05) is 0 Å². The third kappa shape index (κ3) is 3.35. The van der Waals surface area contributed by atoms with Crippen molar-refractivity contribution in [3.8, 4) is 11.4 Å². The Labute approximate surface area is 235 Å². The Morgan fingerprint density at radius 1 is 0.829 bits per heavy atom. The molecule has 3 aromatic heterocycles. The Morgan fingerprint density at radius 3 is 2.59 bits per heavy atom. The molecule has 0 bridgehead atoms. The Balaban J connectivity index is 1.20. The summed E-state index contributed by atoms with van der Waals surface area (Å²) in [6, 6.07) is 29.1. The van der Waals surface area contributed by atoms with E-state index >= 15 is 0 Å². The summed E-state index contributed by atoms with van der Waals surface area (Å²) in [5.41, 5.74) is 8.21. The number of aryl methyl sites for hydroxylation is 1. The minimum Gasteiger partial charge on any atom is -0.456 e. The van der Waals surface area contributed by atoms with Crippen LogP contribution in [0.4, 0.5) is 0 Å². The minimum absolute atomic E-state index is 0.0749. The van der Waals surface area contributed by atoms with Crippen LogP contribution in [0.5, 0.6) is 0 Å². The molecule has 9 rings (SSSR count). The van der Waals surface area contributed by atoms with E-state index in [2.05, 4.69) is 77.5 Å². The van der Waals surface area contributed by atoms with Gasteiger partial charge in [0.2, 0.25) is 0 Å². The van der Waals surface area contributed by atoms with Gasteiger partial charge in [0.25, 0.3) is 0 Å². The highest BCUT2D eigenvalue weighted by Gasteiger charge is 2.27. The lowest BCUT2D eigenvalue weighted by Crippen LogP contribution is -2.08. The number of rotatable bonds is 3. The number of aromatic nitrogens is 2. The van der Waals surface area contributed by atoms with Crippen LogP contribution in [-0.2, 0) is 6.42 Å². The first-order valence-corrected chi connectivity index (χ1v) is 14.2. The van der Waals surface area contributed by atoms with Gasteiger partial charge in [0, 0.05) is 39.6 Å². The summed E-state index contributed by atoms with van der Waals surface area (Å²) < 4.78 is 15.2. The molecule has 5 heteroatoms. The summed E-state index contributed by atoms with van der Waals surface area (Å²) in [4.78, 5) is 10.1. The van der Waals surface area contributed by atoms with Gasteiger partial charge in [-0.1, -0.05) is 66.7 Å². The number of furan rings is 2. The van der Waals surface area contributed by atoms with Gasteiger partial charge in [-0.2, -0.15) is 0 Å². The summed E-state index contributed by atoms with van der Waals surface area (Å²) in [6.45, 7) is 0. The monoisotopic (exact) mass is 531 g/mol. The number of hydrogen-bond donors (Lipinski definition) is 0. The average Bonchev–Trinajstić information content (AvgIpc) is 3.72. The highest BCUT2D eigenvalue weighted by molar-refractivity contribution is 6.17. The maximum Gasteiger partial charge on any atom is 0.146 e. The maximum atomic E-state index is 6.57. The second kappa shape index (κ2) is 8.67. The van der Waals surface area contributed by atoms with Crippen LogP contribution in [0.3, 0.4) is 0 Å². The fourth-order valence-corrected chi connectivity index (χ4v) is 6.53. The van der Waals surface area contributed by atoms with Crippen molar-refractivity contribution in [1.29, 1.82) is 0 Å². The van der Waals surface area contributed by atoms with E-state index in [1.807, 2.05) is 36.4 Å². The highest BCUT2D eigenvalue weighted by atomic mass is 16.3. The predicted octanol–water partition coefficient (Wildman–Crippen LogP) is 9.36. The van der Waals surface area contributed by atoms with Crippen molar-refractivity contribution >= 4 is 62.1 Å². The SMILES string of the molecule is C1=Cc2oc3c(C4C=NC(n5c(-c6ccccc6)nc6ccccc65)=CC4)cc4c5ccccc5oc4c3c2CC1. The van der Waals surface area contributed by atoms with E-state index in [4.69, 9.17) is 18.8 Å². The zero-order valence-electron chi connectivity index (χ0n) is 22.2. The van der Waals surface area contributed by atoms with Crippen LogP contribution in [0.25, 0.3) is 67.2 Å². The third-order valence-electron chi connectivity index (χ3n) is 8.45. The van der Waals surface area contributed by atoms with Crippen LogP contribution < -0.4 is 0 Å². The molecule has 0 saturated carbocycles. The molecule has 0 N–H and O–H groups in total. The molecule has 0 amide bonds. The normalized spacial score (nSPS) is 16.7. The van der Waals surface area contributed by atoms with Crippen LogP contribution in [-0.4, -0.2) is 15.8 Å². The van der Waals surface area contributed by atoms with E-state index in [1.165, 1.54) is 5.56 Å². The molecule has 0 radical (unpaired) electrons. The molecule has 1 atom stereocenters. The van der Waals surface area contributed by atoms with Crippen molar-refractivity contribution in [2.24, 2.45) is 4.99 Å². The van der Waals surface area contributed by atoms with Gasteiger partial charge in [-0.3, -0.25) is 4.57 Å². The summed E-state index contributed by atoms with van der Waals surface area (Å²) in [6.07, 6.45) is 11.4. The number of benzene rings is 4. The fraction of sp³-hybridized carbons (Fsp3) is 0.111. The van der Waals surface area contributed by atoms with Gasteiger partial charge in [-0.25, -0.2) is 9.98 Å². The molecule has 0 spiro atoms. The molecular formula is C36H25N3O2. The van der Waals surface area contributed by atoms with Gasteiger partial charge in [-0.15, -0.1) is 0 Å². The predicted molar refractivity (Wildman–Crippen MR) is 166 cm³/mol. The number of aliphatic imine (C=N–C) groups is 1. The number of imidazole rings is 1. The second-order valence-corrected chi connectivity index (χ2v) is 10.8. The molecule has 0 saturated heterocycles. The van der Waals surface area contributed by atoms with Crippen LogP contribution in [0.15, 0.2) is 111 Å². The Hall–Kier alpha value is -5.16. The zero-order valence-corrected chi connectivity index (χ0v) is 22.2. The van der Waals surface area contributed by atoms with Crippen LogP contribution in [0.1, 0.15) is 35.6 Å². The van der Waals surface area contributed by atoms with E-state index in [-0.39, 0.29) is 5.92 Å². The number of para-hydroxylation sites is 3. The second-order valence-electron chi connectivity index (χ2n) is 10.8. The zero-order chi connectivity index (χ0) is 26.9. The van der Waals surface area contributed by atoms with Gasteiger partial charge in [0.15, 0.2) is 0 Å². The van der Waals surface area contributed by atoms with Crippen molar-refractivity contribution in [1.82, 2.24) is 9.55 Å². The van der Waals surface area contributed by atoms with Gasteiger partial charge < -0.3 is 8.83 Å². The molecule has 2 aliphatic rings. The van der Waals surface area contributed by atoms with Crippen LogP contribution in [0.2, 0.25) is 0 Å².